The van der Waals surface area contributed by atoms with E-state index in [0.29, 0.717) is 41.6 Å². The Balaban J connectivity index is 1.18. The number of hydrogen-bond acceptors (Lipinski definition) is 5. The first-order valence-corrected chi connectivity index (χ1v) is 12.2. The molecule has 1 fully saturated rings. The Morgan fingerprint density at radius 2 is 1.71 bits per heavy atom. The number of amides is 2. The molecule has 0 radical (unpaired) electrons. The van der Waals surface area contributed by atoms with E-state index in [9.17, 15) is 9.59 Å². The van der Waals surface area contributed by atoms with Crippen molar-refractivity contribution < 1.29 is 14.3 Å². The number of para-hydroxylation sites is 1. The monoisotopic (exact) mass is 491 g/mol. The molecule has 1 aliphatic rings. The summed E-state index contributed by atoms with van der Waals surface area (Å²) in [5.41, 5.74) is 1.42. The highest BCUT2D eigenvalue weighted by Crippen LogP contribution is 2.32. The van der Waals surface area contributed by atoms with Crippen molar-refractivity contribution in [3.05, 3.63) is 83.4 Å². The SMILES string of the molecule is O=C(Nc1nc2ccc(Oc3ccccc3)cc2s1)C1CCN(C(=O)c2ccc(Cl)cc2)CC1. The molecule has 0 saturated carbocycles. The number of halogens is 1. The molecule has 0 aliphatic carbocycles. The van der Waals surface area contributed by atoms with Crippen LogP contribution in [0, 0.1) is 5.92 Å². The van der Waals surface area contributed by atoms with Gasteiger partial charge in [-0.1, -0.05) is 41.1 Å². The quantitative estimate of drug-likeness (QED) is 0.359. The average Bonchev–Trinajstić information content (AvgIpc) is 3.26. The Hall–Kier alpha value is -3.42. The third kappa shape index (κ3) is 5.05. The van der Waals surface area contributed by atoms with Crippen molar-refractivity contribution in [2.45, 2.75) is 12.8 Å². The van der Waals surface area contributed by atoms with Gasteiger partial charge in [0.05, 0.1) is 10.2 Å². The third-order valence-corrected chi connectivity index (χ3v) is 7.00. The highest BCUT2D eigenvalue weighted by atomic mass is 35.5. The lowest BCUT2D eigenvalue weighted by molar-refractivity contribution is -0.121. The predicted molar refractivity (Wildman–Crippen MR) is 135 cm³/mol. The molecule has 0 spiro atoms. The molecule has 172 valence electrons. The molecule has 1 aromatic heterocycles. The molecule has 0 atom stereocenters. The van der Waals surface area contributed by atoms with Gasteiger partial charge in [-0.3, -0.25) is 9.59 Å². The molecule has 5 rings (SSSR count). The highest BCUT2D eigenvalue weighted by molar-refractivity contribution is 7.22. The van der Waals surface area contributed by atoms with Gasteiger partial charge >= 0.3 is 0 Å². The van der Waals surface area contributed by atoms with E-state index in [4.69, 9.17) is 16.3 Å². The summed E-state index contributed by atoms with van der Waals surface area (Å²) in [6, 6.07) is 22.2. The molecular formula is C26H22ClN3O3S. The first kappa shape index (κ1) is 22.4. The second-order valence-electron chi connectivity index (χ2n) is 8.13. The van der Waals surface area contributed by atoms with Crippen LogP contribution in [0.2, 0.25) is 5.02 Å². The zero-order valence-electron chi connectivity index (χ0n) is 18.2. The van der Waals surface area contributed by atoms with Crippen molar-refractivity contribution in [3.63, 3.8) is 0 Å². The minimum absolute atomic E-state index is 0.0322. The summed E-state index contributed by atoms with van der Waals surface area (Å²) in [6.45, 7) is 1.08. The number of aromatic nitrogens is 1. The number of piperidine rings is 1. The van der Waals surface area contributed by atoms with Gasteiger partial charge in [0, 0.05) is 35.7 Å². The number of rotatable bonds is 5. The summed E-state index contributed by atoms with van der Waals surface area (Å²) >= 11 is 7.33. The van der Waals surface area contributed by atoms with Gasteiger partial charge in [0.1, 0.15) is 11.5 Å². The van der Waals surface area contributed by atoms with Crippen LogP contribution in [0.3, 0.4) is 0 Å². The molecule has 3 aromatic carbocycles. The second-order valence-corrected chi connectivity index (χ2v) is 9.59. The van der Waals surface area contributed by atoms with Crippen LogP contribution >= 0.6 is 22.9 Å². The fourth-order valence-electron chi connectivity index (χ4n) is 3.97. The molecular weight excluding hydrogens is 470 g/mol. The third-order valence-electron chi connectivity index (χ3n) is 5.81. The maximum atomic E-state index is 12.8. The first-order valence-electron chi connectivity index (χ1n) is 11.0. The largest absolute Gasteiger partial charge is 0.457 e. The molecule has 0 bridgehead atoms. The summed E-state index contributed by atoms with van der Waals surface area (Å²) in [6.07, 6.45) is 1.23. The van der Waals surface area contributed by atoms with Gasteiger partial charge in [0.25, 0.3) is 5.91 Å². The molecule has 1 N–H and O–H groups in total. The Morgan fingerprint density at radius 3 is 2.44 bits per heavy atom. The number of likely N-dealkylation sites (tertiary alicyclic amines) is 1. The zero-order chi connectivity index (χ0) is 23.5. The van der Waals surface area contributed by atoms with E-state index >= 15 is 0 Å². The summed E-state index contributed by atoms with van der Waals surface area (Å²) < 4.78 is 6.83. The van der Waals surface area contributed by atoms with Crippen LogP contribution in [-0.4, -0.2) is 34.8 Å². The van der Waals surface area contributed by atoms with Crippen LogP contribution in [-0.2, 0) is 4.79 Å². The second kappa shape index (κ2) is 9.83. The first-order chi connectivity index (χ1) is 16.5. The number of fused-ring (bicyclic) bond motifs is 1. The molecule has 1 aliphatic heterocycles. The number of anilines is 1. The average molecular weight is 492 g/mol. The van der Waals surface area contributed by atoms with Gasteiger partial charge in [0.2, 0.25) is 5.91 Å². The Bertz CT molecular complexity index is 1320. The van der Waals surface area contributed by atoms with E-state index in [-0.39, 0.29) is 17.7 Å². The summed E-state index contributed by atoms with van der Waals surface area (Å²) in [4.78, 5) is 31.9. The van der Waals surface area contributed by atoms with Crippen LogP contribution in [0.5, 0.6) is 11.5 Å². The number of hydrogen-bond donors (Lipinski definition) is 1. The number of carbonyl (C=O) groups is 2. The van der Waals surface area contributed by atoms with Crippen LogP contribution in [0.25, 0.3) is 10.2 Å². The molecule has 4 aromatic rings. The van der Waals surface area contributed by atoms with E-state index in [2.05, 4.69) is 10.3 Å². The number of ether oxygens (including phenoxy) is 1. The Kier molecular flexibility index (Phi) is 6.47. The minimum atomic E-state index is -0.154. The highest BCUT2D eigenvalue weighted by Gasteiger charge is 2.28. The number of nitrogens with one attached hydrogen (secondary N) is 1. The molecule has 6 nitrogen and oxygen atoms in total. The maximum Gasteiger partial charge on any atom is 0.253 e. The van der Waals surface area contributed by atoms with Crippen LogP contribution in [0.1, 0.15) is 23.2 Å². The van der Waals surface area contributed by atoms with Gasteiger partial charge in [-0.05, 0) is 61.4 Å². The molecule has 0 unspecified atom stereocenters. The zero-order valence-corrected chi connectivity index (χ0v) is 19.8. The number of carbonyl (C=O) groups excluding carboxylic acids is 2. The number of nitrogens with zero attached hydrogens (tertiary/aromatic N) is 2. The van der Waals surface area contributed by atoms with Gasteiger partial charge < -0.3 is 15.0 Å². The predicted octanol–water partition coefficient (Wildman–Crippen LogP) is 6.23. The fraction of sp³-hybridized carbons (Fsp3) is 0.192. The van der Waals surface area contributed by atoms with Crippen molar-refractivity contribution in [2.24, 2.45) is 5.92 Å². The van der Waals surface area contributed by atoms with Crippen LogP contribution < -0.4 is 10.1 Å². The summed E-state index contributed by atoms with van der Waals surface area (Å²) in [5, 5.41) is 4.13. The van der Waals surface area contributed by atoms with Crippen molar-refractivity contribution in [2.75, 3.05) is 18.4 Å². The Morgan fingerprint density at radius 1 is 0.971 bits per heavy atom. The van der Waals surface area contributed by atoms with Crippen molar-refractivity contribution in [1.82, 2.24) is 9.88 Å². The standard InChI is InChI=1S/C26H22ClN3O3S/c27-19-8-6-18(7-9-19)25(32)30-14-12-17(13-15-30)24(31)29-26-28-22-11-10-21(16-23(22)34-26)33-20-4-2-1-3-5-20/h1-11,16-17H,12-15H2,(H,28,29,31). The lowest BCUT2D eigenvalue weighted by Gasteiger charge is -2.31. The van der Waals surface area contributed by atoms with Crippen LogP contribution in [0.15, 0.2) is 72.8 Å². The van der Waals surface area contributed by atoms with Crippen LogP contribution in [0.4, 0.5) is 5.13 Å². The van der Waals surface area contributed by atoms with E-state index in [1.165, 1.54) is 11.3 Å². The smallest absolute Gasteiger partial charge is 0.253 e. The van der Waals surface area contributed by atoms with Crippen molar-refractivity contribution in [1.29, 1.82) is 0 Å². The summed E-state index contributed by atoms with van der Waals surface area (Å²) in [7, 11) is 0. The Labute approximate surface area is 206 Å². The summed E-state index contributed by atoms with van der Waals surface area (Å²) in [5.74, 6) is 1.24. The van der Waals surface area contributed by atoms with E-state index in [1.54, 1.807) is 29.2 Å². The molecule has 2 amide bonds. The van der Waals surface area contributed by atoms with E-state index in [0.717, 1.165) is 21.7 Å². The van der Waals surface area contributed by atoms with Crippen molar-refractivity contribution in [3.8, 4) is 11.5 Å². The maximum absolute atomic E-state index is 12.8. The van der Waals surface area contributed by atoms with Gasteiger partial charge in [-0.2, -0.15) is 0 Å². The van der Waals surface area contributed by atoms with Crippen molar-refractivity contribution >= 4 is 50.1 Å². The topological polar surface area (TPSA) is 71.5 Å². The van der Waals surface area contributed by atoms with Gasteiger partial charge in [-0.15, -0.1) is 0 Å². The number of thiazole rings is 1. The fourth-order valence-corrected chi connectivity index (χ4v) is 5.00. The lowest BCUT2D eigenvalue weighted by Crippen LogP contribution is -2.41. The van der Waals surface area contributed by atoms with E-state index in [1.807, 2.05) is 48.5 Å². The van der Waals surface area contributed by atoms with Gasteiger partial charge in [-0.25, -0.2) is 4.98 Å². The normalized spacial score (nSPS) is 14.2. The van der Waals surface area contributed by atoms with Gasteiger partial charge in [0.15, 0.2) is 5.13 Å². The molecule has 1 saturated heterocycles. The minimum Gasteiger partial charge on any atom is -0.457 e. The molecule has 34 heavy (non-hydrogen) atoms. The molecule has 8 heteroatoms. The van der Waals surface area contributed by atoms with E-state index < -0.39 is 0 Å². The molecule has 2 heterocycles. The number of benzene rings is 3. The lowest BCUT2D eigenvalue weighted by atomic mass is 9.95.